The number of aromatic nitrogens is 1. The van der Waals surface area contributed by atoms with Gasteiger partial charge in [-0.05, 0) is 35.7 Å². The molecule has 6 heteroatoms. The van der Waals surface area contributed by atoms with E-state index >= 15 is 0 Å². The molecule has 1 aliphatic heterocycles. The number of amides is 2. The predicted molar refractivity (Wildman–Crippen MR) is 116 cm³/mol. The molecule has 6 nitrogen and oxygen atoms in total. The lowest BCUT2D eigenvalue weighted by Crippen LogP contribution is -2.49. The first-order chi connectivity index (χ1) is 14.0. The van der Waals surface area contributed by atoms with E-state index in [1.54, 1.807) is 18.0 Å². The molecule has 0 unspecified atom stereocenters. The number of benzene rings is 1. The van der Waals surface area contributed by atoms with Crippen molar-refractivity contribution in [2.45, 2.75) is 33.1 Å². The zero-order chi connectivity index (χ0) is 20.8. The van der Waals surface area contributed by atoms with Gasteiger partial charge in [-0.1, -0.05) is 32.0 Å². The van der Waals surface area contributed by atoms with Crippen molar-refractivity contribution in [1.29, 1.82) is 0 Å². The minimum atomic E-state index is -0.0462. The van der Waals surface area contributed by atoms with Gasteiger partial charge in [-0.25, -0.2) is 4.98 Å². The van der Waals surface area contributed by atoms with Crippen LogP contribution in [0.1, 0.15) is 38.7 Å². The minimum Gasteiger partial charge on any atom is -0.353 e. The van der Waals surface area contributed by atoms with Crippen LogP contribution in [0.15, 0.2) is 48.7 Å². The van der Waals surface area contributed by atoms with Gasteiger partial charge in [0.25, 0.3) is 0 Å². The number of anilines is 2. The number of rotatable bonds is 6. The van der Waals surface area contributed by atoms with Crippen molar-refractivity contribution in [3.05, 3.63) is 54.2 Å². The van der Waals surface area contributed by atoms with E-state index in [0.29, 0.717) is 32.0 Å². The molecule has 0 saturated carbocycles. The van der Waals surface area contributed by atoms with Crippen LogP contribution >= 0.6 is 0 Å². The smallest absolute Gasteiger partial charge is 0.224 e. The molecule has 3 rings (SSSR count). The van der Waals surface area contributed by atoms with Crippen LogP contribution in [0.5, 0.6) is 0 Å². The maximum Gasteiger partial charge on any atom is 0.224 e. The lowest BCUT2D eigenvalue weighted by Gasteiger charge is -2.35. The summed E-state index contributed by atoms with van der Waals surface area (Å²) in [6, 6.07) is 13.9. The predicted octanol–water partition coefficient (Wildman–Crippen LogP) is 3.30. The monoisotopic (exact) mass is 394 g/mol. The van der Waals surface area contributed by atoms with E-state index in [1.165, 1.54) is 5.56 Å². The Hall–Kier alpha value is -2.89. The maximum atomic E-state index is 12.7. The lowest BCUT2D eigenvalue weighted by molar-refractivity contribution is -0.131. The summed E-state index contributed by atoms with van der Waals surface area (Å²) in [6.45, 7) is 9.14. The van der Waals surface area contributed by atoms with E-state index < -0.39 is 0 Å². The highest BCUT2D eigenvalue weighted by Crippen LogP contribution is 2.21. The molecule has 0 bridgehead atoms. The van der Waals surface area contributed by atoms with Crippen molar-refractivity contribution in [3.8, 4) is 0 Å². The van der Waals surface area contributed by atoms with Crippen LogP contribution in [0.25, 0.3) is 0 Å². The van der Waals surface area contributed by atoms with Gasteiger partial charge in [0.1, 0.15) is 5.82 Å². The Balaban J connectivity index is 1.54. The highest BCUT2D eigenvalue weighted by atomic mass is 16.2. The molecule has 2 amide bonds. The summed E-state index contributed by atoms with van der Waals surface area (Å²) < 4.78 is 0. The number of hydrogen-bond donors (Lipinski definition) is 0. The fourth-order valence-corrected chi connectivity index (χ4v) is 3.60. The second kappa shape index (κ2) is 9.54. The maximum absolute atomic E-state index is 12.7. The Labute approximate surface area is 173 Å². The third kappa shape index (κ3) is 5.34. The van der Waals surface area contributed by atoms with Crippen molar-refractivity contribution in [1.82, 2.24) is 9.88 Å². The molecular weight excluding hydrogens is 364 g/mol. The average molecular weight is 395 g/mol. The second-order valence-corrected chi connectivity index (χ2v) is 7.72. The third-order valence-electron chi connectivity index (χ3n) is 5.41. The third-order valence-corrected chi connectivity index (χ3v) is 5.41. The summed E-state index contributed by atoms with van der Waals surface area (Å²) in [5, 5.41) is 0. The first kappa shape index (κ1) is 20.8. The largest absolute Gasteiger partial charge is 0.353 e. The van der Waals surface area contributed by atoms with Gasteiger partial charge in [0, 0.05) is 58.0 Å². The molecule has 0 spiro atoms. The first-order valence-corrected chi connectivity index (χ1v) is 10.3. The second-order valence-electron chi connectivity index (χ2n) is 7.72. The molecule has 29 heavy (non-hydrogen) atoms. The number of hydrogen-bond acceptors (Lipinski definition) is 4. The summed E-state index contributed by atoms with van der Waals surface area (Å²) in [7, 11) is 0. The molecular formula is C23H30N4O2. The SMILES string of the molecule is CC(=O)N(CCC(=O)N1CCN(c2ccccn2)CC1)c1ccc(C(C)C)cc1. The van der Waals surface area contributed by atoms with Gasteiger partial charge in [-0.15, -0.1) is 0 Å². The fourth-order valence-electron chi connectivity index (χ4n) is 3.60. The standard InChI is InChI=1S/C23H30N4O2/c1-18(2)20-7-9-21(10-8-20)27(19(3)28)13-11-23(29)26-16-14-25(15-17-26)22-6-4-5-12-24-22/h4-10,12,18H,11,13-17H2,1-3H3. The van der Waals surface area contributed by atoms with Crippen LogP contribution in [0, 0.1) is 0 Å². The first-order valence-electron chi connectivity index (χ1n) is 10.3. The zero-order valence-electron chi connectivity index (χ0n) is 17.5. The Morgan fingerprint density at radius 1 is 1.03 bits per heavy atom. The fraction of sp³-hybridized carbons (Fsp3) is 0.435. The van der Waals surface area contributed by atoms with Gasteiger partial charge in [0.15, 0.2) is 0 Å². The molecule has 2 heterocycles. The van der Waals surface area contributed by atoms with E-state index in [0.717, 1.165) is 24.6 Å². The molecule has 0 radical (unpaired) electrons. The summed E-state index contributed by atoms with van der Waals surface area (Å²) in [6.07, 6.45) is 2.12. The molecule has 1 aliphatic rings. The average Bonchev–Trinajstić information content (AvgIpc) is 2.74. The molecule has 2 aromatic rings. The highest BCUT2D eigenvalue weighted by molar-refractivity contribution is 5.92. The van der Waals surface area contributed by atoms with Gasteiger partial charge in [-0.3, -0.25) is 9.59 Å². The van der Waals surface area contributed by atoms with Gasteiger partial charge < -0.3 is 14.7 Å². The molecule has 0 aliphatic carbocycles. The van der Waals surface area contributed by atoms with Crippen LogP contribution in [0.2, 0.25) is 0 Å². The van der Waals surface area contributed by atoms with E-state index in [1.807, 2.05) is 35.2 Å². The topological polar surface area (TPSA) is 56.8 Å². The summed E-state index contributed by atoms with van der Waals surface area (Å²) in [5.74, 6) is 1.44. The van der Waals surface area contributed by atoms with Gasteiger partial charge in [0.2, 0.25) is 11.8 Å². The van der Waals surface area contributed by atoms with Gasteiger partial charge >= 0.3 is 0 Å². The van der Waals surface area contributed by atoms with E-state index in [2.05, 4.69) is 35.9 Å². The number of nitrogens with zero attached hydrogens (tertiary/aromatic N) is 4. The van der Waals surface area contributed by atoms with Crippen LogP contribution < -0.4 is 9.80 Å². The Bertz CT molecular complexity index is 813. The van der Waals surface area contributed by atoms with Crippen molar-refractivity contribution >= 4 is 23.3 Å². The zero-order valence-corrected chi connectivity index (χ0v) is 17.5. The quantitative estimate of drug-likeness (QED) is 0.754. The van der Waals surface area contributed by atoms with Gasteiger partial charge in [0.05, 0.1) is 0 Å². The Morgan fingerprint density at radius 3 is 2.28 bits per heavy atom. The molecule has 1 saturated heterocycles. The van der Waals surface area contributed by atoms with E-state index in [4.69, 9.17) is 0 Å². The van der Waals surface area contributed by atoms with E-state index in [9.17, 15) is 9.59 Å². The van der Waals surface area contributed by atoms with Crippen LogP contribution in [-0.4, -0.2) is 54.4 Å². The number of piperazine rings is 1. The molecule has 0 N–H and O–H groups in total. The molecule has 1 aromatic heterocycles. The normalized spacial score (nSPS) is 14.2. The van der Waals surface area contributed by atoms with Crippen LogP contribution in [-0.2, 0) is 9.59 Å². The Kier molecular flexibility index (Phi) is 6.86. The lowest BCUT2D eigenvalue weighted by atomic mass is 10.0. The van der Waals surface area contributed by atoms with Gasteiger partial charge in [-0.2, -0.15) is 0 Å². The number of carbonyl (C=O) groups is 2. The van der Waals surface area contributed by atoms with Crippen LogP contribution in [0.3, 0.4) is 0 Å². The number of carbonyl (C=O) groups excluding carboxylic acids is 2. The molecule has 1 fully saturated rings. The Morgan fingerprint density at radius 2 is 1.72 bits per heavy atom. The number of pyridine rings is 1. The summed E-state index contributed by atoms with van der Waals surface area (Å²) in [5.41, 5.74) is 2.08. The molecule has 1 aromatic carbocycles. The highest BCUT2D eigenvalue weighted by Gasteiger charge is 2.23. The summed E-state index contributed by atoms with van der Waals surface area (Å²) in [4.78, 5) is 35.0. The van der Waals surface area contributed by atoms with Crippen molar-refractivity contribution in [2.24, 2.45) is 0 Å². The van der Waals surface area contributed by atoms with Crippen LogP contribution in [0.4, 0.5) is 11.5 Å². The molecule has 154 valence electrons. The van der Waals surface area contributed by atoms with Crippen molar-refractivity contribution < 1.29 is 9.59 Å². The van der Waals surface area contributed by atoms with Crippen molar-refractivity contribution in [3.63, 3.8) is 0 Å². The van der Waals surface area contributed by atoms with Crippen molar-refractivity contribution in [2.75, 3.05) is 42.5 Å². The van der Waals surface area contributed by atoms with E-state index in [-0.39, 0.29) is 11.8 Å². The molecule has 0 atom stereocenters. The summed E-state index contributed by atoms with van der Waals surface area (Å²) >= 11 is 0. The minimum absolute atomic E-state index is 0.0462.